The van der Waals surface area contributed by atoms with Gasteiger partial charge in [0.25, 0.3) is 0 Å². The smallest absolute Gasteiger partial charge is 0.00361 e. The molecule has 0 fully saturated rings. The van der Waals surface area contributed by atoms with Gasteiger partial charge in [0, 0.05) is 6.04 Å². The highest BCUT2D eigenvalue weighted by molar-refractivity contribution is 4.63. The lowest BCUT2D eigenvalue weighted by molar-refractivity contribution is 0.423. The second-order valence-corrected chi connectivity index (χ2v) is 4.75. The monoisotopic (exact) mass is 199 g/mol. The minimum Gasteiger partial charge on any atom is -0.328 e. The van der Waals surface area contributed by atoms with Crippen LogP contribution in [0.2, 0.25) is 0 Å². The largest absolute Gasteiger partial charge is 0.328 e. The maximum Gasteiger partial charge on any atom is 0.00361 e. The Balaban J connectivity index is 3.06. The molecule has 0 heterocycles. The number of nitrogens with two attached hydrogens (primary N) is 1. The van der Waals surface area contributed by atoms with Gasteiger partial charge in [-0.15, -0.1) is 0 Å². The first-order valence-electron chi connectivity index (χ1n) is 6.44. The summed E-state index contributed by atoms with van der Waals surface area (Å²) in [5.74, 6) is 0.700. The maximum atomic E-state index is 5.82. The van der Waals surface area contributed by atoms with Gasteiger partial charge >= 0.3 is 0 Å². The molecule has 0 saturated carbocycles. The fourth-order valence-corrected chi connectivity index (χ4v) is 1.69. The molecule has 0 spiro atoms. The summed E-state index contributed by atoms with van der Waals surface area (Å²) in [7, 11) is 0. The quantitative estimate of drug-likeness (QED) is 0.556. The summed E-state index contributed by atoms with van der Waals surface area (Å²) < 4.78 is 0. The van der Waals surface area contributed by atoms with Crippen LogP contribution >= 0.6 is 0 Å². The first kappa shape index (κ1) is 14.0. The lowest BCUT2D eigenvalue weighted by Crippen LogP contribution is -2.23. The molecule has 0 rings (SSSR count). The van der Waals surface area contributed by atoms with Crippen molar-refractivity contribution in [3.8, 4) is 0 Å². The lowest BCUT2D eigenvalue weighted by atomic mass is 9.96. The van der Waals surface area contributed by atoms with Crippen LogP contribution in [0, 0.1) is 5.92 Å². The molecule has 0 saturated heterocycles. The first-order chi connectivity index (χ1) is 6.68. The molecule has 1 nitrogen and oxygen atoms in total. The number of hydrogen-bond donors (Lipinski definition) is 1. The molecule has 0 aromatic rings. The predicted octanol–water partition coefficient (Wildman–Crippen LogP) is 4.11. The van der Waals surface area contributed by atoms with E-state index >= 15 is 0 Å². The van der Waals surface area contributed by atoms with Gasteiger partial charge in [0.2, 0.25) is 0 Å². The summed E-state index contributed by atoms with van der Waals surface area (Å²) in [5, 5.41) is 0. The van der Waals surface area contributed by atoms with E-state index in [1.807, 2.05) is 0 Å². The molecular weight excluding hydrogens is 170 g/mol. The second-order valence-electron chi connectivity index (χ2n) is 4.75. The van der Waals surface area contributed by atoms with Crippen LogP contribution in [0.3, 0.4) is 0 Å². The molecule has 0 aliphatic carbocycles. The van der Waals surface area contributed by atoms with Crippen molar-refractivity contribution in [1.29, 1.82) is 0 Å². The van der Waals surface area contributed by atoms with Crippen LogP contribution in [-0.2, 0) is 0 Å². The average molecular weight is 199 g/mol. The Labute approximate surface area is 90.5 Å². The van der Waals surface area contributed by atoms with E-state index in [0.717, 1.165) is 0 Å². The Bertz CT molecular complexity index is 110. The van der Waals surface area contributed by atoms with Crippen LogP contribution in [-0.4, -0.2) is 6.04 Å². The molecule has 1 heteroatoms. The normalized spacial score (nSPS) is 15.4. The molecule has 0 amide bonds. The van der Waals surface area contributed by atoms with Gasteiger partial charge in [0.1, 0.15) is 0 Å². The summed E-state index contributed by atoms with van der Waals surface area (Å²) in [6, 6.07) is 0.370. The summed E-state index contributed by atoms with van der Waals surface area (Å²) in [4.78, 5) is 0. The number of rotatable bonds is 9. The van der Waals surface area contributed by atoms with Crippen LogP contribution in [0.5, 0.6) is 0 Å². The molecule has 86 valence electrons. The summed E-state index contributed by atoms with van der Waals surface area (Å²) in [5.41, 5.74) is 5.82. The molecule has 14 heavy (non-hydrogen) atoms. The van der Waals surface area contributed by atoms with Crippen molar-refractivity contribution in [2.24, 2.45) is 11.7 Å². The van der Waals surface area contributed by atoms with Crippen molar-refractivity contribution in [3.63, 3.8) is 0 Å². The molecule has 0 aliphatic rings. The van der Waals surface area contributed by atoms with Crippen LogP contribution in [0.15, 0.2) is 0 Å². The zero-order valence-corrected chi connectivity index (χ0v) is 10.4. The van der Waals surface area contributed by atoms with Crippen LogP contribution in [0.25, 0.3) is 0 Å². The van der Waals surface area contributed by atoms with E-state index in [1.165, 1.54) is 51.4 Å². The van der Waals surface area contributed by atoms with E-state index in [2.05, 4.69) is 20.8 Å². The predicted molar refractivity (Wildman–Crippen MR) is 65.4 cm³/mol. The Kier molecular flexibility index (Phi) is 9.49. The maximum absolute atomic E-state index is 5.82. The highest BCUT2D eigenvalue weighted by Gasteiger charge is 2.05. The van der Waals surface area contributed by atoms with Crippen molar-refractivity contribution in [3.05, 3.63) is 0 Å². The first-order valence-corrected chi connectivity index (χ1v) is 6.44. The van der Waals surface area contributed by atoms with Gasteiger partial charge in [-0.05, 0) is 19.3 Å². The van der Waals surface area contributed by atoms with Gasteiger partial charge in [0.15, 0.2) is 0 Å². The van der Waals surface area contributed by atoms with E-state index in [1.54, 1.807) is 0 Å². The zero-order valence-electron chi connectivity index (χ0n) is 10.4. The van der Waals surface area contributed by atoms with Crippen molar-refractivity contribution >= 4 is 0 Å². The van der Waals surface area contributed by atoms with Gasteiger partial charge in [-0.3, -0.25) is 0 Å². The Morgan fingerprint density at radius 1 is 0.857 bits per heavy atom. The standard InChI is InChI=1S/C13H29N/c1-4-5-6-7-8-9-10-11-12(2)13(3)14/h12-13H,4-11,14H2,1-3H3. The summed E-state index contributed by atoms with van der Waals surface area (Å²) in [6.07, 6.45) is 11.1. The Morgan fingerprint density at radius 3 is 1.86 bits per heavy atom. The van der Waals surface area contributed by atoms with Crippen LogP contribution in [0.1, 0.15) is 72.1 Å². The zero-order chi connectivity index (χ0) is 10.8. The van der Waals surface area contributed by atoms with Gasteiger partial charge in [-0.2, -0.15) is 0 Å². The number of unbranched alkanes of at least 4 members (excludes halogenated alkanes) is 6. The minimum atomic E-state index is 0.370. The van der Waals surface area contributed by atoms with E-state index < -0.39 is 0 Å². The molecule has 0 aromatic heterocycles. The summed E-state index contributed by atoms with van der Waals surface area (Å²) >= 11 is 0. The highest BCUT2D eigenvalue weighted by Crippen LogP contribution is 2.13. The van der Waals surface area contributed by atoms with E-state index in [9.17, 15) is 0 Å². The SMILES string of the molecule is CCCCCCCCCC(C)C(C)N. The van der Waals surface area contributed by atoms with E-state index in [-0.39, 0.29) is 0 Å². The topological polar surface area (TPSA) is 26.0 Å². The molecule has 0 aromatic carbocycles. The Hall–Kier alpha value is -0.0400. The number of hydrogen-bond acceptors (Lipinski definition) is 1. The van der Waals surface area contributed by atoms with Gasteiger partial charge in [-0.25, -0.2) is 0 Å². The molecule has 0 aliphatic heterocycles. The van der Waals surface area contributed by atoms with Crippen molar-refractivity contribution in [2.45, 2.75) is 78.2 Å². The fourth-order valence-electron chi connectivity index (χ4n) is 1.69. The van der Waals surface area contributed by atoms with Crippen molar-refractivity contribution in [1.82, 2.24) is 0 Å². The van der Waals surface area contributed by atoms with Crippen LogP contribution in [0.4, 0.5) is 0 Å². The molecule has 0 bridgehead atoms. The lowest BCUT2D eigenvalue weighted by Gasteiger charge is -2.14. The summed E-state index contributed by atoms with van der Waals surface area (Å²) in [6.45, 7) is 6.65. The average Bonchev–Trinajstić information content (AvgIpc) is 2.16. The molecular formula is C13H29N. The molecule has 2 atom stereocenters. The highest BCUT2D eigenvalue weighted by atomic mass is 14.6. The Morgan fingerprint density at radius 2 is 1.36 bits per heavy atom. The minimum absolute atomic E-state index is 0.370. The van der Waals surface area contributed by atoms with Crippen LogP contribution < -0.4 is 5.73 Å². The van der Waals surface area contributed by atoms with E-state index in [0.29, 0.717) is 12.0 Å². The molecule has 2 N–H and O–H groups in total. The van der Waals surface area contributed by atoms with Crippen molar-refractivity contribution < 1.29 is 0 Å². The third-order valence-corrected chi connectivity index (χ3v) is 3.16. The van der Waals surface area contributed by atoms with Crippen molar-refractivity contribution in [2.75, 3.05) is 0 Å². The second kappa shape index (κ2) is 9.51. The molecule has 2 unspecified atom stereocenters. The third-order valence-electron chi connectivity index (χ3n) is 3.16. The van der Waals surface area contributed by atoms with Gasteiger partial charge in [0.05, 0.1) is 0 Å². The van der Waals surface area contributed by atoms with Gasteiger partial charge < -0.3 is 5.73 Å². The van der Waals surface area contributed by atoms with E-state index in [4.69, 9.17) is 5.73 Å². The third kappa shape index (κ3) is 8.55. The molecule has 0 radical (unpaired) electrons. The fraction of sp³-hybridized carbons (Fsp3) is 1.00. The van der Waals surface area contributed by atoms with Gasteiger partial charge in [-0.1, -0.05) is 58.8 Å².